The van der Waals surface area contributed by atoms with Crippen LogP contribution < -0.4 is 16.0 Å². The molecule has 1 aromatic rings. The maximum absolute atomic E-state index is 12.2. The number of benzene rings is 1. The predicted octanol–water partition coefficient (Wildman–Crippen LogP) is 2.03. The molecule has 1 aliphatic heterocycles. The first-order chi connectivity index (χ1) is 10.7. The molecule has 0 aliphatic carbocycles. The van der Waals surface area contributed by atoms with E-state index in [1.54, 1.807) is 39.8 Å². The largest absolute Gasteiger partial charge is 0.444 e. The fraction of sp³-hybridized carbons (Fsp3) is 0.438. The summed E-state index contributed by atoms with van der Waals surface area (Å²) >= 11 is 0. The average molecular weight is 319 g/mol. The maximum Gasteiger partial charge on any atom is 0.408 e. The first-order valence-corrected chi connectivity index (χ1v) is 7.38. The number of nitrogens with one attached hydrogen (secondary N) is 3. The Morgan fingerprint density at radius 2 is 2.00 bits per heavy atom. The van der Waals surface area contributed by atoms with Crippen LogP contribution in [0.15, 0.2) is 18.2 Å². The highest BCUT2D eigenvalue weighted by Crippen LogP contribution is 2.31. The van der Waals surface area contributed by atoms with Crippen molar-refractivity contribution in [3.05, 3.63) is 23.8 Å². The van der Waals surface area contributed by atoms with Crippen molar-refractivity contribution in [2.75, 3.05) is 10.6 Å². The topological polar surface area (TPSA) is 96.5 Å². The monoisotopic (exact) mass is 319 g/mol. The van der Waals surface area contributed by atoms with Crippen LogP contribution in [0.2, 0.25) is 0 Å². The Morgan fingerprint density at radius 1 is 1.30 bits per heavy atom. The molecular weight excluding hydrogens is 298 g/mol. The van der Waals surface area contributed by atoms with Crippen LogP contribution in [-0.2, 0) is 20.7 Å². The molecule has 1 atom stereocenters. The Bertz CT molecular complexity index is 649. The number of alkyl carbamates (subject to hydrolysis) is 1. The Kier molecular flexibility index (Phi) is 4.58. The first-order valence-electron chi connectivity index (χ1n) is 7.38. The van der Waals surface area contributed by atoms with Crippen molar-refractivity contribution in [3.63, 3.8) is 0 Å². The molecule has 0 aromatic heterocycles. The molecule has 0 spiro atoms. The molecule has 0 fully saturated rings. The molecule has 124 valence electrons. The van der Waals surface area contributed by atoms with Crippen molar-refractivity contribution >= 4 is 29.3 Å². The molecule has 0 bridgehead atoms. The van der Waals surface area contributed by atoms with Gasteiger partial charge in [0.25, 0.3) is 0 Å². The van der Waals surface area contributed by atoms with Crippen molar-refractivity contribution < 1.29 is 19.1 Å². The predicted molar refractivity (Wildman–Crippen MR) is 86.2 cm³/mol. The van der Waals surface area contributed by atoms with Crippen molar-refractivity contribution in [1.29, 1.82) is 0 Å². The quantitative estimate of drug-likeness (QED) is 0.794. The van der Waals surface area contributed by atoms with Gasteiger partial charge >= 0.3 is 6.09 Å². The molecule has 1 aliphatic rings. The van der Waals surface area contributed by atoms with Crippen molar-refractivity contribution in [2.45, 2.75) is 45.8 Å². The van der Waals surface area contributed by atoms with Crippen LogP contribution in [0.4, 0.5) is 16.2 Å². The average Bonchev–Trinajstić information content (AvgIpc) is 2.77. The summed E-state index contributed by atoms with van der Waals surface area (Å²) in [5.41, 5.74) is 1.32. The summed E-state index contributed by atoms with van der Waals surface area (Å²) in [4.78, 5) is 35.3. The number of rotatable bonds is 3. The van der Waals surface area contributed by atoms with E-state index < -0.39 is 23.6 Å². The van der Waals surface area contributed by atoms with E-state index in [2.05, 4.69) is 16.0 Å². The van der Waals surface area contributed by atoms with Crippen LogP contribution in [0.1, 0.15) is 33.3 Å². The van der Waals surface area contributed by atoms with Gasteiger partial charge in [-0.3, -0.25) is 9.59 Å². The highest BCUT2D eigenvalue weighted by atomic mass is 16.6. The summed E-state index contributed by atoms with van der Waals surface area (Å²) in [7, 11) is 0. The van der Waals surface area contributed by atoms with Gasteiger partial charge in [0.05, 0.1) is 17.8 Å². The first kappa shape index (κ1) is 16.8. The highest BCUT2D eigenvalue weighted by Gasteiger charge is 2.24. The fourth-order valence-electron chi connectivity index (χ4n) is 2.15. The number of amides is 3. The summed E-state index contributed by atoms with van der Waals surface area (Å²) in [6.45, 7) is 6.79. The van der Waals surface area contributed by atoms with E-state index in [0.29, 0.717) is 17.8 Å². The highest BCUT2D eigenvalue weighted by molar-refractivity contribution is 6.06. The normalized spacial score (nSPS) is 14.5. The molecule has 7 nitrogen and oxygen atoms in total. The van der Waals surface area contributed by atoms with E-state index >= 15 is 0 Å². The van der Waals surface area contributed by atoms with Gasteiger partial charge in [-0.25, -0.2) is 4.79 Å². The lowest BCUT2D eigenvalue weighted by atomic mass is 10.1. The Hall–Kier alpha value is -2.57. The smallest absolute Gasteiger partial charge is 0.408 e. The van der Waals surface area contributed by atoms with Crippen molar-refractivity contribution in [3.8, 4) is 0 Å². The van der Waals surface area contributed by atoms with Gasteiger partial charge in [-0.15, -0.1) is 0 Å². The lowest BCUT2D eigenvalue weighted by Gasteiger charge is -2.22. The van der Waals surface area contributed by atoms with Gasteiger partial charge in [0, 0.05) is 0 Å². The van der Waals surface area contributed by atoms with Crippen LogP contribution in [0.3, 0.4) is 0 Å². The fourth-order valence-corrected chi connectivity index (χ4v) is 2.15. The SMILES string of the molecule is C[C@H](NC(=O)OC(C)(C)C)C(=O)Nc1cccc2c1NC(=O)C2. The van der Waals surface area contributed by atoms with Gasteiger partial charge < -0.3 is 20.7 Å². The van der Waals surface area contributed by atoms with Crippen molar-refractivity contribution in [1.82, 2.24) is 5.32 Å². The van der Waals surface area contributed by atoms with E-state index in [9.17, 15) is 14.4 Å². The van der Waals surface area contributed by atoms with E-state index in [4.69, 9.17) is 4.74 Å². The van der Waals surface area contributed by atoms with E-state index in [1.165, 1.54) is 0 Å². The minimum atomic E-state index is -0.780. The van der Waals surface area contributed by atoms with Crippen LogP contribution in [0, 0.1) is 0 Å². The van der Waals surface area contributed by atoms with Gasteiger partial charge in [-0.1, -0.05) is 12.1 Å². The maximum atomic E-state index is 12.2. The number of carbonyl (C=O) groups excluding carboxylic acids is 3. The Labute approximate surface area is 134 Å². The zero-order chi connectivity index (χ0) is 17.2. The summed E-state index contributed by atoms with van der Waals surface area (Å²) in [5.74, 6) is -0.507. The summed E-state index contributed by atoms with van der Waals surface area (Å²) in [5, 5.41) is 7.90. The van der Waals surface area contributed by atoms with E-state index in [1.807, 2.05) is 6.07 Å². The number of para-hydroxylation sites is 1. The van der Waals surface area contributed by atoms with Gasteiger partial charge in [0.1, 0.15) is 11.6 Å². The molecule has 2 rings (SSSR count). The van der Waals surface area contributed by atoms with Crippen LogP contribution in [0.5, 0.6) is 0 Å². The zero-order valence-corrected chi connectivity index (χ0v) is 13.6. The number of hydrogen-bond donors (Lipinski definition) is 3. The lowest BCUT2D eigenvalue weighted by Crippen LogP contribution is -2.44. The molecule has 1 aromatic carbocycles. The summed E-state index contributed by atoms with van der Waals surface area (Å²) in [6, 6.07) is 4.51. The molecule has 1 heterocycles. The molecule has 3 N–H and O–H groups in total. The van der Waals surface area contributed by atoms with Gasteiger partial charge in [-0.05, 0) is 39.3 Å². The molecule has 23 heavy (non-hydrogen) atoms. The van der Waals surface area contributed by atoms with Crippen LogP contribution in [0.25, 0.3) is 0 Å². The Morgan fingerprint density at radius 3 is 2.65 bits per heavy atom. The lowest BCUT2D eigenvalue weighted by molar-refractivity contribution is -0.118. The van der Waals surface area contributed by atoms with Crippen LogP contribution >= 0.6 is 0 Å². The zero-order valence-electron chi connectivity index (χ0n) is 13.6. The second kappa shape index (κ2) is 6.28. The number of hydrogen-bond acceptors (Lipinski definition) is 4. The minimum Gasteiger partial charge on any atom is -0.444 e. The number of fused-ring (bicyclic) bond motifs is 1. The van der Waals surface area contributed by atoms with Gasteiger partial charge in [0.15, 0.2) is 0 Å². The van der Waals surface area contributed by atoms with Gasteiger partial charge in [-0.2, -0.15) is 0 Å². The minimum absolute atomic E-state index is 0.110. The molecular formula is C16H21N3O4. The molecule has 0 saturated carbocycles. The van der Waals surface area contributed by atoms with Crippen LogP contribution in [-0.4, -0.2) is 29.6 Å². The number of ether oxygens (including phenoxy) is 1. The molecule has 0 radical (unpaired) electrons. The third-order valence-electron chi connectivity index (χ3n) is 3.15. The summed E-state index contributed by atoms with van der Waals surface area (Å²) in [6.07, 6.45) is -0.364. The third kappa shape index (κ3) is 4.45. The third-order valence-corrected chi connectivity index (χ3v) is 3.15. The Balaban J connectivity index is 1.99. The standard InChI is InChI=1S/C16H21N3O4/c1-9(17-15(22)23-16(2,3)4)14(21)18-11-7-5-6-10-8-12(20)19-13(10)11/h5-7,9H,8H2,1-4H3,(H,17,22)(H,18,21)(H,19,20)/t9-/m0/s1. The van der Waals surface area contributed by atoms with E-state index in [0.717, 1.165) is 5.56 Å². The molecule has 3 amide bonds. The number of anilines is 2. The number of carbonyl (C=O) groups is 3. The second-order valence-corrected chi connectivity index (χ2v) is 6.42. The van der Waals surface area contributed by atoms with E-state index in [-0.39, 0.29) is 5.91 Å². The van der Waals surface area contributed by atoms with Gasteiger partial charge in [0.2, 0.25) is 11.8 Å². The molecule has 7 heteroatoms. The molecule has 0 saturated heterocycles. The summed E-state index contributed by atoms with van der Waals surface area (Å²) < 4.78 is 5.11. The second-order valence-electron chi connectivity index (χ2n) is 6.42. The molecule has 0 unspecified atom stereocenters. The van der Waals surface area contributed by atoms with Crippen molar-refractivity contribution in [2.24, 2.45) is 0 Å².